The van der Waals surface area contributed by atoms with Crippen molar-refractivity contribution in [1.82, 2.24) is 4.57 Å². The maximum absolute atomic E-state index is 11.2. The molecule has 0 aliphatic carbocycles. The van der Waals surface area contributed by atoms with Crippen LogP contribution in [0.5, 0.6) is 0 Å². The summed E-state index contributed by atoms with van der Waals surface area (Å²) in [5, 5.41) is 0. The molecule has 4 nitrogen and oxygen atoms in total. The Labute approximate surface area is 96.8 Å². The highest BCUT2D eigenvalue weighted by atomic mass is 32.1. The Bertz CT molecular complexity index is 583. The highest BCUT2D eigenvalue weighted by Crippen LogP contribution is 2.15. The van der Waals surface area contributed by atoms with Crippen LogP contribution >= 0.6 is 11.3 Å². The van der Waals surface area contributed by atoms with E-state index in [-0.39, 0.29) is 0 Å². The zero-order chi connectivity index (χ0) is 11.5. The molecule has 16 heavy (non-hydrogen) atoms. The summed E-state index contributed by atoms with van der Waals surface area (Å²) in [7, 11) is 1.89. The van der Waals surface area contributed by atoms with Crippen LogP contribution in [0, 0.1) is 0 Å². The average molecular weight is 236 g/mol. The molecule has 0 spiro atoms. The van der Waals surface area contributed by atoms with Crippen molar-refractivity contribution in [3.63, 3.8) is 0 Å². The van der Waals surface area contributed by atoms with Gasteiger partial charge in [-0.2, -0.15) is 0 Å². The fourth-order valence-electron chi connectivity index (χ4n) is 1.42. The van der Waals surface area contributed by atoms with Gasteiger partial charge in [0.2, 0.25) is 0 Å². The molecular formula is C11H12N2O2S. The third kappa shape index (κ3) is 1.99. The number of hydrogen-bond acceptors (Lipinski definition) is 3. The third-order valence-corrected chi connectivity index (χ3v) is 3.28. The van der Waals surface area contributed by atoms with Crippen LogP contribution in [0.3, 0.4) is 0 Å². The van der Waals surface area contributed by atoms with E-state index in [1.54, 1.807) is 6.92 Å². The molecule has 0 aliphatic heterocycles. The normalized spacial score (nSPS) is 12.0. The zero-order valence-electron chi connectivity index (χ0n) is 9.14. The number of aromatic nitrogens is 1. The molecule has 1 aromatic heterocycles. The summed E-state index contributed by atoms with van der Waals surface area (Å²) in [5.41, 5.74) is 1.07. The van der Waals surface area contributed by atoms with Gasteiger partial charge in [-0.3, -0.25) is 0 Å². The maximum atomic E-state index is 11.2. The Morgan fingerprint density at radius 2 is 2.25 bits per heavy atom. The average Bonchev–Trinajstić information content (AvgIpc) is 2.57. The van der Waals surface area contributed by atoms with Crippen LogP contribution in [-0.2, 0) is 11.8 Å². The second kappa shape index (κ2) is 4.49. The van der Waals surface area contributed by atoms with Crippen molar-refractivity contribution in [2.75, 3.05) is 6.61 Å². The van der Waals surface area contributed by atoms with Crippen molar-refractivity contribution in [2.45, 2.75) is 6.92 Å². The summed E-state index contributed by atoms with van der Waals surface area (Å²) >= 11 is 1.47. The number of ether oxygens (including phenoxy) is 1. The van der Waals surface area contributed by atoms with Gasteiger partial charge in [0.05, 0.1) is 16.8 Å². The summed E-state index contributed by atoms with van der Waals surface area (Å²) in [4.78, 5) is 15.8. The van der Waals surface area contributed by atoms with Gasteiger partial charge in [-0.25, -0.2) is 4.79 Å². The molecule has 0 aliphatic rings. The van der Waals surface area contributed by atoms with Crippen LogP contribution in [0.2, 0.25) is 0 Å². The number of nitrogens with zero attached hydrogens (tertiary/aromatic N) is 2. The van der Waals surface area contributed by atoms with Gasteiger partial charge in [-0.05, 0) is 19.1 Å². The fourth-order valence-corrected chi connectivity index (χ4v) is 2.43. The van der Waals surface area contributed by atoms with Crippen LogP contribution in [0.4, 0.5) is 4.79 Å². The zero-order valence-corrected chi connectivity index (χ0v) is 9.95. The number of hydrogen-bond donors (Lipinski definition) is 0. The SMILES string of the molecule is CCOC(=O)/N=c1/sc2ccccc2n1C. The molecule has 2 rings (SSSR count). The van der Waals surface area contributed by atoms with Gasteiger partial charge in [0.25, 0.3) is 0 Å². The predicted octanol–water partition coefficient (Wildman–Crippen LogP) is 2.30. The van der Waals surface area contributed by atoms with E-state index in [0.717, 1.165) is 10.2 Å². The van der Waals surface area contributed by atoms with E-state index in [0.29, 0.717) is 11.4 Å². The van der Waals surface area contributed by atoms with Crippen molar-refractivity contribution in [2.24, 2.45) is 12.0 Å². The molecule has 0 unspecified atom stereocenters. The lowest BCUT2D eigenvalue weighted by atomic mass is 10.3. The van der Waals surface area contributed by atoms with Crippen LogP contribution in [0.25, 0.3) is 10.2 Å². The fraction of sp³-hybridized carbons (Fsp3) is 0.273. The quantitative estimate of drug-likeness (QED) is 0.762. The lowest BCUT2D eigenvalue weighted by Crippen LogP contribution is -2.13. The van der Waals surface area contributed by atoms with E-state index in [4.69, 9.17) is 4.74 Å². The largest absolute Gasteiger partial charge is 0.448 e. The highest BCUT2D eigenvalue weighted by molar-refractivity contribution is 7.16. The summed E-state index contributed by atoms with van der Waals surface area (Å²) in [5.74, 6) is 0. The molecule has 1 heterocycles. The molecule has 0 saturated carbocycles. The van der Waals surface area contributed by atoms with Gasteiger partial charge in [-0.1, -0.05) is 23.5 Å². The van der Waals surface area contributed by atoms with E-state index < -0.39 is 6.09 Å². The molecule has 0 saturated heterocycles. The summed E-state index contributed by atoms with van der Waals surface area (Å²) < 4.78 is 7.78. The molecule has 0 bridgehead atoms. The summed E-state index contributed by atoms with van der Waals surface area (Å²) in [6, 6.07) is 7.93. The van der Waals surface area contributed by atoms with Gasteiger partial charge in [-0.15, -0.1) is 4.99 Å². The Morgan fingerprint density at radius 1 is 1.50 bits per heavy atom. The second-order valence-electron chi connectivity index (χ2n) is 3.22. The lowest BCUT2D eigenvalue weighted by Gasteiger charge is -1.95. The van der Waals surface area contributed by atoms with Gasteiger partial charge >= 0.3 is 6.09 Å². The number of carbonyl (C=O) groups excluding carboxylic acids is 1. The molecule has 0 fully saturated rings. The lowest BCUT2D eigenvalue weighted by molar-refractivity contribution is 0.162. The number of amides is 1. The molecule has 2 aromatic rings. The molecule has 0 N–H and O–H groups in total. The number of rotatable bonds is 1. The Kier molecular flexibility index (Phi) is 3.05. The van der Waals surface area contributed by atoms with Crippen LogP contribution in [0.15, 0.2) is 29.3 Å². The Balaban J connectivity index is 2.53. The minimum Gasteiger partial charge on any atom is -0.448 e. The molecular weight excluding hydrogens is 224 g/mol. The number of carbonyl (C=O) groups is 1. The first-order chi connectivity index (χ1) is 7.72. The number of aryl methyl sites for hydroxylation is 1. The van der Waals surface area contributed by atoms with Crippen LogP contribution in [0.1, 0.15) is 6.92 Å². The van der Waals surface area contributed by atoms with Crippen molar-refractivity contribution in [3.05, 3.63) is 29.1 Å². The first-order valence-electron chi connectivity index (χ1n) is 4.98. The number of para-hydroxylation sites is 1. The Morgan fingerprint density at radius 3 is 2.94 bits per heavy atom. The first kappa shape index (κ1) is 10.9. The van der Waals surface area contributed by atoms with E-state index in [2.05, 4.69) is 4.99 Å². The van der Waals surface area contributed by atoms with Gasteiger partial charge in [0.1, 0.15) is 0 Å². The van der Waals surface area contributed by atoms with E-state index in [1.807, 2.05) is 35.9 Å². The standard InChI is InChI=1S/C11H12N2O2S/c1-3-15-11(14)12-10-13(2)8-6-4-5-7-9(8)16-10/h4-7H,3H2,1-2H3/b12-10+. The Hall–Kier alpha value is -1.62. The van der Waals surface area contributed by atoms with Crippen LogP contribution < -0.4 is 4.80 Å². The molecule has 5 heteroatoms. The number of fused-ring (bicyclic) bond motifs is 1. The van der Waals surface area contributed by atoms with Crippen molar-refractivity contribution >= 4 is 27.6 Å². The molecule has 1 aromatic carbocycles. The van der Waals surface area contributed by atoms with Gasteiger partial charge in [0.15, 0.2) is 4.80 Å². The van der Waals surface area contributed by atoms with Crippen molar-refractivity contribution in [3.8, 4) is 0 Å². The number of benzene rings is 1. The summed E-state index contributed by atoms with van der Waals surface area (Å²) in [6.07, 6.45) is -0.537. The van der Waals surface area contributed by atoms with Crippen molar-refractivity contribution in [1.29, 1.82) is 0 Å². The van der Waals surface area contributed by atoms with E-state index in [9.17, 15) is 4.79 Å². The van der Waals surface area contributed by atoms with E-state index in [1.165, 1.54) is 11.3 Å². The molecule has 84 valence electrons. The van der Waals surface area contributed by atoms with E-state index >= 15 is 0 Å². The minimum absolute atomic E-state index is 0.344. The van der Waals surface area contributed by atoms with Crippen LogP contribution in [-0.4, -0.2) is 17.3 Å². The smallest absolute Gasteiger partial charge is 0.436 e. The predicted molar refractivity (Wildman–Crippen MR) is 63.4 cm³/mol. The monoisotopic (exact) mass is 236 g/mol. The minimum atomic E-state index is -0.537. The summed E-state index contributed by atoms with van der Waals surface area (Å²) in [6.45, 7) is 2.11. The molecule has 1 amide bonds. The molecule has 0 radical (unpaired) electrons. The van der Waals surface area contributed by atoms with Gasteiger partial charge < -0.3 is 9.30 Å². The maximum Gasteiger partial charge on any atom is 0.436 e. The third-order valence-electron chi connectivity index (χ3n) is 2.17. The number of thiazole rings is 1. The first-order valence-corrected chi connectivity index (χ1v) is 5.80. The topological polar surface area (TPSA) is 43.6 Å². The molecule has 0 atom stereocenters. The highest BCUT2D eigenvalue weighted by Gasteiger charge is 2.03. The second-order valence-corrected chi connectivity index (χ2v) is 4.23. The van der Waals surface area contributed by atoms with Gasteiger partial charge in [0, 0.05) is 7.05 Å². The van der Waals surface area contributed by atoms with Crippen molar-refractivity contribution < 1.29 is 9.53 Å².